The molecular formula is C18H22FN3O. The first-order valence-corrected chi connectivity index (χ1v) is 7.91. The lowest BCUT2D eigenvalue weighted by Crippen LogP contribution is -2.45. The summed E-state index contributed by atoms with van der Waals surface area (Å²) < 4.78 is 18.3. The quantitative estimate of drug-likeness (QED) is 0.848. The smallest absolute Gasteiger partial charge is 0.212 e. The Morgan fingerprint density at radius 1 is 1.00 bits per heavy atom. The number of pyridine rings is 1. The summed E-state index contributed by atoms with van der Waals surface area (Å²) in [5.74, 6) is 0.488. The zero-order valence-electron chi connectivity index (χ0n) is 13.4. The van der Waals surface area contributed by atoms with Crippen LogP contribution in [0.1, 0.15) is 11.1 Å². The molecule has 0 aliphatic carbocycles. The first-order valence-electron chi connectivity index (χ1n) is 7.91. The minimum atomic E-state index is -0.159. The summed E-state index contributed by atoms with van der Waals surface area (Å²) >= 11 is 0. The Bertz CT molecular complexity index is 624. The van der Waals surface area contributed by atoms with Crippen LogP contribution in [0, 0.1) is 5.82 Å². The van der Waals surface area contributed by atoms with Gasteiger partial charge in [0.05, 0.1) is 7.11 Å². The Balaban J connectivity index is 1.48. The van der Waals surface area contributed by atoms with Crippen molar-refractivity contribution in [2.75, 3.05) is 33.3 Å². The maximum Gasteiger partial charge on any atom is 0.212 e. The molecule has 1 aliphatic heterocycles. The maximum absolute atomic E-state index is 13.2. The Hall–Kier alpha value is -1.98. The topological polar surface area (TPSA) is 28.6 Å². The van der Waals surface area contributed by atoms with Gasteiger partial charge < -0.3 is 4.74 Å². The van der Waals surface area contributed by atoms with Crippen LogP contribution in [0.4, 0.5) is 4.39 Å². The van der Waals surface area contributed by atoms with Gasteiger partial charge in [0.15, 0.2) is 0 Å². The highest BCUT2D eigenvalue weighted by molar-refractivity contribution is 5.18. The number of aromatic nitrogens is 1. The van der Waals surface area contributed by atoms with Crippen molar-refractivity contribution in [1.82, 2.24) is 14.8 Å². The van der Waals surface area contributed by atoms with E-state index in [0.717, 1.165) is 44.8 Å². The molecule has 0 radical (unpaired) electrons. The summed E-state index contributed by atoms with van der Waals surface area (Å²) in [6.45, 7) is 5.75. The fraction of sp³-hybridized carbons (Fsp3) is 0.389. The minimum absolute atomic E-state index is 0.159. The number of hydrogen-bond acceptors (Lipinski definition) is 4. The molecule has 0 atom stereocenters. The molecule has 1 aliphatic rings. The van der Waals surface area contributed by atoms with Crippen LogP contribution >= 0.6 is 0 Å². The van der Waals surface area contributed by atoms with Gasteiger partial charge in [0.2, 0.25) is 5.88 Å². The largest absolute Gasteiger partial charge is 0.481 e. The van der Waals surface area contributed by atoms with Gasteiger partial charge in [-0.1, -0.05) is 18.2 Å². The Labute approximate surface area is 136 Å². The van der Waals surface area contributed by atoms with Crippen LogP contribution in [-0.2, 0) is 13.1 Å². The second-order valence-corrected chi connectivity index (χ2v) is 5.89. The molecule has 2 heterocycles. The van der Waals surface area contributed by atoms with Gasteiger partial charge in [-0.3, -0.25) is 9.80 Å². The molecule has 5 heteroatoms. The fourth-order valence-electron chi connectivity index (χ4n) is 2.88. The van der Waals surface area contributed by atoms with Gasteiger partial charge in [0.1, 0.15) is 5.82 Å². The van der Waals surface area contributed by atoms with Gasteiger partial charge in [0, 0.05) is 51.5 Å². The second kappa shape index (κ2) is 7.53. The lowest BCUT2D eigenvalue weighted by atomic mass is 10.2. The van der Waals surface area contributed by atoms with Crippen molar-refractivity contribution in [3.05, 3.63) is 59.5 Å². The van der Waals surface area contributed by atoms with E-state index in [1.54, 1.807) is 19.2 Å². The Morgan fingerprint density at radius 2 is 1.70 bits per heavy atom. The molecule has 0 amide bonds. The first-order chi connectivity index (χ1) is 11.2. The number of ether oxygens (including phenoxy) is 1. The minimum Gasteiger partial charge on any atom is -0.481 e. The lowest BCUT2D eigenvalue weighted by molar-refractivity contribution is 0.122. The van der Waals surface area contributed by atoms with Crippen molar-refractivity contribution in [2.45, 2.75) is 13.1 Å². The van der Waals surface area contributed by atoms with E-state index in [4.69, 9.17) is 4.74 Å². The van der Waals surface area contributed by atoms with E-state index in [1.807, 2.05) is 18.3 Å². The summed E-state index contributed by atoms with van der Waals surface area (Å²) in [6, 6.07) is 10.8. The molecule has 0 unspecified atom stereocenters. The number of piperazine rings is 1. The fourth-order valence-corrected chi connectivity index (χ4v) is 2.88. The van der Waals surface area contributed by atoms with Crippen LogP contribution in [0.15, 0.2) is 42.6 Å². The molecule has 0 saturated carbocycles. The molecule has 0 N–H and O–H groups in total. The molecular weight excluding hydrogens is 293 g/mol. The average Bonchev–Trinajstić information content (AvgIpc) is 2.57. The molecule has 0 spiro atoms. The Kier molecular flexibility index (Phi) is 5.20. The van der Waals surface area contributed by atoms with Crippen molar-refractivity contribution >= 4 is 0 Å². The van der Waals surface area contributed by atoms with Gasteiger partial charge in [-0.05, 0) is 23.3 Å². The van der Waals surface area contributed by atoms with Crippen molar-refractivity contribution in [3.8, 4) is 5.88 Å². The van der Waals surface area contributed by atoms with Gasteiger partial charge in [-0.25, -0.2) is 9.37 Å². The van der Waals surface area contributed by atoms with E-state index >= 15 is 0 Å². The van der Waals surface area contributed by atoms with Gasteiger partial charge in [0.25, 0.3) is 0 Å². The predicted octanol–water partition coefficient (Wildman–Crippen LogP) is 2.55. The SMILES string of the molecule is COc1ccc(CN2CCN(Cc3cccc(F)c3)CC2)cn1. The van der Waals surface area contributed by atoms with Gasteiger partial charge in [-0.2, -0.15) is 0 Å². The third-order valence-electron chi connectivity index (χ3n) is 4.17. The maximum atomic E-state index is 13.2. The van der Waals surface area contributed by atoms with Crippen LogP contribution in [0.5, 0.6) is 5.88 Å². The van der Waals surface area contributed by atoms with Crippen LogP contribution in [0.3, 0.4) is 0 Å². The van der Waals surface area contributed by atoms with Gasteiger partial charge in [-0.15, -0.1) is 0 Å². The monoisotopic (exact) mass is 315 g/mol. The van der Waals surface area contributed by atoms with E-state index in [9.17, 15) is 4.39 Å². The number of hydrogen-bond donors (Lipinski definition) is 0. The highest BCUT2D eigenvalue weighted by Crippen LogP contribution is 2.13. The lowest BCUT2D eigenvalue weighted by Gasteiger charge is -2.34. The second-order valence-electron chi connectivity index (χ2n) is 5.89. The van der Waals surface area contributed by atoms with Crippen molar-refractivity contribution in [2.24, 2.45) is 0 Å². The first kappa shape index (κ1) is 15.9. The number of benzene rings is 1. The molecule has 122 valence electrons. The van der Waals surface area contributed by atoms with Crippen LogP contribution in [0.2, 0.25) is 0 Å². The van der Waals surface area contributed by atoms with Crippen molar-refractivity contribution < 1.29 is 9.13 Å². The standard InChI is InChI=1S/C18H22FN3O/c1-23-18-6-5-16(12-20-18)14-22-9-7-21(8-10-22)13-15-3-2-4-17(19)11-15/h2-6,11-12H,7-10,13-14H2,1H3. The van der Waals surface area contributed by atoms with Crippen LogP contribution in [-0.4, -0.2) is 48.1 Å². The normalized spacial score (nSPS) is 16.4. The van der Waals surface area contributed by atoms with Crippen molar-refractivity contribution in [1.29, 1.82) is 0 Å². The summed E-state index contributed by atoms with van der Waals surface area (Å²) in [6.07, 6.45) is 1.87. The molecule has 0 bridgehead atoms. The summed E-state index contributed by atoms with van der Waals surface area (Å²) in [5, 5.41) is 0. The summed E-state index contributed by atoms with van der Waals surface area (Å²) in [5.41, 5.74) is 2.24. The predicted molar refractivity (Wildman–Crippen MR) is 87.7 cm³/mol. The Morgan fingerprint density at radius 3 is 2.26 bits per heavy atom. The number of halogens is 1. The number of rotatable bonds is 5. The molecule has 2 aromatic rings. The van der Waals surface area contributed by atoms with E-state index in [-0.39, 0.29) is 5.82 Å². The molecule has 1 saturated heterocycles. The molecule has 1 aromatic heterocycles. The molecule has 1 fully saturated rings. The van der Waals surface area contributed by atoms with E-state index in [0.29, 0.717) is 5.88 Å². The van der Waals surface area contributed by atoms with Crippen molar-refractivity contribution in [3.63, 3.8) is 0 Å². The van der Waals surface area contributed by atoms with Crippen LogP contribution in [0.25, 0.3) is 0 Å². The summed E-state index contributed by atoms with van der Waals surface area (Å²) in [4.78, 5) is 9.04. The average molecular weight is 315 g/mol. The summed E-state index contributed by atoms with van der Waals surface area (Å²) in [7, 11) is 1.62. The zero-order chi connectivity index (χ0) is 16.1. The molecule has 23 heavy (non-hydrogen) atoms. The number of nitrogens with zero attached hydrogens (tertiary/aromatic N) is 3. The van der Waals surface area contributed by atoms with E-state index in [1.165, 1.54) is 11.6 Å². The van der Waals surface area contributed by atoms with E-state index < -0.39 is 0 Å². The van der Waals surface area contributed by atoms with E-state index in [2.05, 4.69) is 20.9 Å². The highest BCUT2D eigenvalue weighted by atomic mass is 19.1. The van der Waals surface area contributed by atoms with Crippen LogP contribution < -0.4 is 4.74 Å². The molecule has 4 nitrogen and oxygen atoms in total. The highest BCUT2D eigenvalue weighted by Gasteiger charge is 2.17. The third-order valence-corrected chi connectivity index (χ3v) is 4.17. The van der Waals surface area contributed by atoms with Gasteiger partial charge >= 0.3 is 0 Å². The molecule has 3 rings (SSSR count). The molecule has 1 aromatic carbocycles. The zero-order valence-corrected chi connectivity index (χ0v) is 13.4. The third kappa shape index (κ3) is 4.50. The number of methoxy groups -OCH3 is 1.